The van der Waals surface area contributed by atoms with Gasteiger partial charge >= 0.3 is 0 Å². The van der Waals surface area contributed by atoms with E-state index in [-0.39, 0.29) is 18.3 Å². The maximum absolute atomic E-state index is 12.1. The highest BCUT2D eigenvalue weighted by molar-refractivity contribution is 9.10. The van der Waals surface area contributed by atoms with Gasteiger partial charge in [0.25, 0.3) is 5.91 Å². The van der Waals surface area contributed by atoms with Gasteiger partial charge in [-0.05, 0) is 49.7 Å². The number of carbonyl (C=O) groups is 1. The minimum atomic E-state index is 0. The summed E-state index contributed by atoms with van der Waals surface area (Å²) in [6.45, 7) is 2.94. The second kappa shape index (κ2) is 7.12. The van der Waals surface area contributed by atoms with Crippen molar-refractivity contribution in [2.45, 2.75) is 6.42 Å². The molecule has 1 saturated heterocycles. The van der Waals surface area contributed by atoms with Crippen molar-refractivity contribution in [3.8, 4) is 0 Å². The molecule has 0 saturated carbocycles. The predicted octanol–water partition coefficient (Wildman–Crippen LogP) is 2.55. The predicted molar refractivity (Wildman–Crippen MR) is 79.3 cm³/mol. The summed E-state index contributed by atoms with van der Waals surface area (Å²) in [4.78, 5) is 14.0. The first kappa shape index (κ1) is 15.5. The van der Waals surface area contributed by atoms with E-state index in [1.165, 1.54) is 0 Å². The smallest absolute Gasteiger partial charge is 0.253 e. The Kier molecular flexibility index (Phi) is 6.12. The SMILES string of the molecule is CN(CC1CCNC1)C(=O)c1ccc(Br)cc1.Cl. The minimum absolute atomic E-state index is 0. The van der Waals surface area contributed by atoms with Gasteiger partial charge in [-0.3, -0.25) is 4.79 Å². The van der Waals surface area contributed by atoms with Crippen molar-refractivity contribution in [1.29, 1.82) is 0 Å². The molecular formula is C13H18BrClN2O. The number of rotatable bonds is 3. The molecule has 0 bridgehead atoms. The fourth-order valence-corrected chi connectivity index (χ4v) is 2.42. The molecular weight excluding hydrogens is 316 g/mol. The molecule has 1 N–H and O–H groups in total. The lowest BCUT2D eigenvalue weighted by Gasteiger charge is -2.20. The number of halogens is 2. The Morgan fingerprint density at radius 3 is 2.67 bits per heavy atom. The maximum atomic E-state index is 12.1. The molecule has 1 fully saturated rings. The van der Waals surface area contributed by atoms with Crippen molar-refractivity contribution in [2.24, 2.45) is 5.92 Å². The van der Waals surface area contributed by atoms with Gasteiger partial charge in [-0.25, -0.2) is 0 Å². The Morgan fingerprint density at radius 2 is 2.11 bits per heavy atom. The van der Waals surface area contributed by atoms with Crippen LogP contribution in [-0.2, 0) is 0 Å². The van der Waals surface area contributed by atoms with E-state index in [0.717, 1.165) is 36.1 Å². The number of benzene rings is 1. The Labute approximate surface area is 122 Å². The lowest BCUT2D eigenvalue weighted by atomic mass is 10.1. The molecule has 1 unspecified atom stereocenters. The highest BCUT2D eigenvalue weighted by Gasteiger charge is 2.19. The average Bonchev–Trinajstić information content (AvgIpc) is 2.82. The normalized spacial score (nSPS) is 18.2. The number of hydrogen-bond donors (Lipinski definition) is 1. The van der Waals surface area contributed by atoms with Gasteiger partial charge in [0.1, 0.15) is 0 Å². The van der Waals surface area contributed by atoms with Crippen molar-refractivity contribution < 1.29 is 4.79 Å². The molecule has 1 aromatic rings. The van der Waals surface area contributed by atoms with Crippen LogP contribution in [0.3, 0.4) is 0 Å². The molecule has 0 aromatic heterocycles. The molecule has 0 spiro atoms. The number of nitrogens with one attached hydrogen (secondary N) is 1. The van der Waals surface area contributed by atoms with E-state index in [0.29, 0.717) is 5.92 Å². The standard InChI is InChI=1S/C13H17BrN2O.ClH/c1-16(9-10-6-7-15-8-10)13(17)11-2-4-12(14)5-3-11;/h2-5,10,15H,6-9H2,1H3;1H. The zero-order chi connectivity index (χ0) is 12.3. The van der Waals surface area contributed by atoms with Crippen LogP contribution in [0.2, 0.25) is 0 Å². The highest BCUT2D eigenvalue weighted by atomic mass is 79.9. The van der Waals surface area contributed by atoms with Crippen LogP contribution in [0, 0.1) is 5.92 Å². The monoisotopic (exact) mass is 332 g/mol. The van der Waals surface area contributed by atoms with Gasteiger partial charge in [0.05, 0.1) is 0 Å². The van der Waals surface area contributed by atoms with Gasteiger partial charge in [-0.1, -0.05) is 15.9 Å². The van der Waals surface area contributed by atoms with Crippen molar-refractivity contribution >= 4 is 34.2 Å². The Hall–Kier alpha value is -0.580. The third-order valence-electron chi connectivity index (χ3n) is 3.13. The number of carbonyl (C=O) groups excluding carboxylic acids is 1. The third-order valence-corrected chi connectivity index (χ3v) is 3.66. The first-order chi connectivity index (χ1) is 8.16. The molecule has 3 nitrogen and oxygen atoms in total. The van der Waals surface area contributed by atoms with Crippen LogP contribution in [-0.4, -0.2) is 37.5 Å². The first-order valence-electron chi connectivity index (χ1n) is 5.88. The molecule has 0 radical (unpaired) electrons. The van der Waals surface area contributed by atoms with E-state index >= 15 is 0 Å². The average molecular weight is 334 g/mol. The lowest BCUT2D eigenvalue weighted by molar-refractivity contribution is 0.0776. The zero-order valence-electron chi connectivity index (χ0n) is 10.4. The Balaban J connectivity index is 0.00000162. The molecule has 0 aliphatic carbocycles. The summed E-state index contributed by atoms with van der Waals surface area (Å²) in [6, 6.07) is 7.52. The molecule has 1 aromatic carbocycles. The van der Waals surface area contributed by atoms with Crippen LogP contribution in [0.25, 0.3) is 0 Å². The summed E-state index contributed by atoms with van der Waals surface area (Å²) in [6.07, 6.45) is 1.16. The van der Waals surface area contributed by atoms with Gasteiger partial charge in [-0.15, -0.1) is 12.4 Å². The second-order valence-electron chi connectivity index (χ2n) is 4.55. The summed E-state index contributed by atoms with van der Waals surface area (Å²) in [5.41, 5.74) is 0.752. The second-order valence-corrected chi connectivity index (χ2v) is 5.47. The van der Waals surface area contributed by atoms with Gasteiger partial charge in [0, 0.05) is 23.6 Å². The Morgan fingerprint density at radius 1 is 1.44 bits per heavy atom. The van der Waals surface area contributed by atoms with Crippen molar-refractivity contribution in [3.05, 3.63) is 34.3 Å². The van der Waals surface area contributed by atoms with Gasteiger partial charge in [0.15, 0.2) is 0 Å². The number of nitrogens with zero attached hydrogens (tertiary/aromatic N) is 1. The number of hydrogen-bond acceptors (Lipinski definition) is 2. The minimum Gasteiger partial charge on any atom is -0.341 e. The fraction of sp³-hybridized carbons (Fsp3) is 0.462. The van der Waals surface area contributed by atoms with E-state index in [1.54, 1.807) is 0 Å². The van der Waals surface area contributed by atoms with Gasteiger partial charge < -0.3 is 10.2 Å². The molecule has 1 heterocycles. The van der Waals surface area contributed by atoms with Crippen LogP contribution >= 0.6 is 28.3 Å². The van der Waals surface area contributed by atoms with E-state index in [9.17, 15) is 4.79 Å². The zero-order valence-corrected chi connectivity index (χ0v) is 12.8. The first-order valence-corrected chi connectivity index (χ1v) is 6.68. The molecule has 18 heavy (non-hydrogen) atoms. The van der Waals surface area contributed by atoms with Gasteiger partial charge in [-0.2, -0.15) is 0 Å². The molecule has 100 valence electrons. The molecule has 1 atom stereocenters. The summed E-state index contributed by atoms with van der Waals surface area (Å²) in [5.74, 6) is 0.698. The topological polar surface area (TPSA) is 32.3 Å². The summed E-state index contributed by atoms with van der Waals surface area (Å²) in [7, 11) is 1.88. The maximum Gasteiger partial charge on any atom is 0.253 e. The highest BCUT2D eigenvalue weighted by Crippen LogP contribution is 2.14. The van der Waals surface area contributed by atoms with E-state index in [4.69, 9.17) is 0 Å². The van der Waals surface area contributed by atoms with Crippen LogP contribution < -0.4 is 5.32 Å². The van der Waals surface area contributed by atoms with Crippen LogP contribution in [0.15, 0.2) is 28.7 Å². The molecule has 5 heteroatoms. The molecule has 1 aliphatic rings. The Bertz CT molecular complexity index is 390. The van der Waals surface area contributed by atoms with Crippen LogP contribution in [0.1, 0.15) is 16.8 Å². The van der Waals surface area contributed by atoms with Crippen LogP contribution in [0.4, 0.5) is 0 Å². The van der Waals surface area contributed by atoms with E-state index in [1.807, 2.05) is 36.2 Å². The summed E-state index contributed by atoms with van der Waals surface area (Å²) in [5, 5.41) is 3.32. The summed E-state index contributed by atoms with van der Waals surface area (Å²) >= 11 is 3.37. The van der Waals surface area contributed by atoms with Gasteiger partial charge in [0.2, 0.25) is 0 Å². The van der Waals surface area contributed by atoms with Crippen molar-refractivity contribution in [3.63, 3.8) is 0 Å². The third kappa shape index (κ3) is 3.97. The molecule has 1 aliphatic heterocycles. The molecule has 2 rings (SSSR count). The van der Waals surface area contributed by atoms with Crippen molar-refractivity contribution in [2.75, 3.05) is 26.7 Å². The summed E-state index contributed by atoms with van der Waals surface area (Å²) < 4.78 is 0.997. The lowest BCUT2D eigenvalue weighted by Crippen LogP contribution is -2.32. The van der Waals surface area contributed by atoms with Crippen molar-refractivity contribution in [1.82, 2.24) is 10.2 Å². The quantitative estimate of drug-likeness (QED) is 0.922. The largest absolute Gasteiger partial charge is 0.341 e. The van der Waals surface area contributed by atoms with Crippen LogP contribution in [0.5, 0.6) is 0 Å². The number of amides is 1. The molecule has 1 amide bonds. The van der Waals surface area contributed by atoms with E-state index in [2.05, 4.69) is 21.2 Å². The fourth-order valence-electron chi connectivity index (χ4n) is 2.15. The van der Waals surface area contributed by atoms with E-state index < -0.39 is 0 Å².